The predicted molar refractivity (Wildman–Crippen MR) is 302 cm³/mol. The quantitative estimate of drug-likeness (QED) is 0.0659. The van der Waals surface area contributed by atoms with E-state index in [1.54, 1.807) is 68.4 Å². The maximum Gasteiger partial charge on any atom is 0.246 e. The first-order valence-corrected chi connectivity index (χ1v) is 27.8. The van der Waals surface area contributed by atoms with Gasteiger partial charge in [0.15, 0.2) is 15.5 Å². The minimum atomic E-state index is -0.972. The molecule has 78 heavy (non-hydrogen) atoms. The van der Waals surface area contributed by atoms with Crippen LogP contribution in [-0.2, 0) is 45.3 Å². The Balaban J connectivity index is 0.000000156. The lowest BCUT2D eigenvalue weighted by Crippen LogP contribution is -2.58. The monoisotopic (exact) mass is 1120 g/mol. The second-order valence-corrected chi connectivity index (χ2v) is 24.7. The lowest BCUT2D eigenvalue weighted by atomic mass is 9.71. The summed E-state index contributed by atoms with van der Waals surface area (Å²) >= 11 is 3.95. The molecule has 2 unspecified atom stereocenters. The number of carbonyl (C=O) groups excluding carboxylic acids is 5. The topological polar surface area (TPSA) is 231 Å². The van der Waals surface area contributed by atoms with Crippen LogP contribution < -0.4 is 27.4 Å². The Bertz CT molecular complexity index is 3210. The van der Waals surface area contributed by atoms with Gasteiger partial charge < -0.3 is 32.5 Å². The van der Waals surface area contributed by atoms with Crippen molar-refractivity contribution in [2.75, 3.05) is 0 Å². The molecule has 3 saturated heterocycles. The molecule has 0 radical (unpaired) electrons. The van der Waals surface area contributed by atoms with E-state index in [1.165, 1.54) is 65.6 Å². The number of carbonyl (C=O) groups is 5. The van der Waals surface area contributed by atoms with Crippen LogP contribution in [0.5, 0.6) is 0 Å². The normalized spacial score (nSPS) is 25.3. The highest BCUT2D eigenvalue weighted by molar-refractivity contribution is 8.16. The van der Waals surface area contributed by atoms with Gasteiger partial charge in [-0.2, -0.15) is 0 Å². The summed E-state index contributed by atoms with van der Waals surface area (Å²) in [6, 6.07) is 32.8. The molecule has 5 aliphatic rings. The summed E-state index contributed by atoms with van der Waals surface area (Å²) < 4.78 is 37.4. The third-order valence-corrected chi connectivity index (χ3v) is 18.9. The van der Waals surface area contributed by atoms with Gasteiger partial charge in [0.25, 0.3) is 0 Å². The lowest BCUT2D eigenvalue weighted by molar-refractivity contribution is -0.134. The molecule has 20 heteroatoms. The number of nitrogens with two attached hydrogens (primary N) is 2. The summed E-state index contributed by atoms with van der Waals surface area (Å²) in [6.07, 6.45) is 3.88. The van der Waals surface area contributed by atoms with Gasteiger partial charge in [-0.05, 0) is 137 Å². The van der Waals surface area contributed by atoms with Crippen molar-refractivity contribution in [3.63, 3.8) is 0 Å². The summed E-state index contributed by atoms with van der Waals surface area (Å²) in [5.41, 5.74) is 14.8. The number of primary amides is 2. The standard InChI is InChI=1S/C22H22FN3O2S.C20H20FN3O2S.C16H19FN2O2S/c1-13(14-3-9-17(23)10-4-14)25-20-26-19(28)21(2,29-20)15-5-7-16(8-6-15)22(11-12-22)18(24)27;1-12(14-5-9-16(21)10-6-14)23-19-24-18(26)20(2,27-19)15-7-3-13(4-8-15)11-17(22)25;1-10(11-6-3-4-7-12(11)17)18-14-19-13(20)15(2,22-14)16(21)8-5-9-16/h3-10,13H,11-12H2,1-2H3,(H2,24,27)(H,25,26,28);3-10,12H,11H2,1-2H3,(H2,22,25)(H,23,24,26);3-4,6-7,10,21H,5,8-9H2,1-2H3,(H,18,19,20)/t13-,21?;12-,20?;10-,15+/m000/s1. The Morgan fingerprint density at radius 3 is 1.42 bits per heavy atom. The van der Waals surface area contributed by atoms with Crippen LogP contribution in [0.3, 0.4) is 0 Å². The number of nitrogens with one attached hydrogen (secondary N) is 3. The van der Waals surface area contributed by atoms with E-state index in [1.807, 2.05) is 64.1 Å². The smallest absolute Gasteiger partial charge is 0.246 e. The first-order valence-electron chi connectivity index (χ1n) is 25.4. The fraction of sp³-hybridized carbons (Fsp3) is 0.345. The number of nitrogens with zero attached hydrogens (tertiary/aromatic N) is 3. The molecule has 5 fully saturated rings. The van der Waals surface area contributed by atoms with Crippen molar-refractivity contribution in [3.8, 4) is 0 Å². The Hall–Kier alpha value is -6.74. The van der Waals surface area contributed by atoms with Gasteiger partial charge in [0.2, 0.25) is 29.5 Å². The van der Waals surface area contributed by atoms with Gasteiger partial charge in [-0.3, -0.25) is 38.9 Å². The molecule has 5 aromatic rings. The molecular weight excluding hydrogens is 1060 g/mol. The number of aliphatic imine (C=N–C) groups is 3. The molecule has 0 spiro atoms. The van der Waals surface area contributed by atoms with Gasteiger partial charge in [-0.1, -0.05) is 126 Å². The van der Waals surface area contributed by atoms with Crippen molar-refractivity contribution in [1.82, 2.24) is 16.0 Å². The van der Waals surface area contributed by atoms with Gasteiger partial charge in [0, 0.05) is 5.56 Å². The van der Waals surface area contributed by atoms with Crippen molar-refractivity contribution in [1.29, 1.82) is 0 Å². The highest BCUT2D eigenvalue weighted by Gasteiger charge is 2.60. The molecule has 2 aliphatic carbocycles. The van der Waals surface area contributed by atoms with Crippen molar-refractivity contribution in [2.24, 2.45) is 26.4 Å². The number of rotatable bonds is 13. The fourth-order valence-corrected chi connectivity index (χ4v) is 12.9. The fourth-order valence-electron chi connectivity index (χ4n) is 9.39. The van der Waals surface area contributed by atoms with E-state index in [4.69, 9.17) is 11.5 Å². The molecule has 0 aromatic heterocycles. The molecule has 3 aliphatic heterocycles. The van der Waals surface area contributed by atoms with Crippen LogP contribution in [0.15, 0.2) is 136 Å². The molecule has 0 bridgehead atoms. The molecule has 10 rings (SSSR count). The van der Waals surface area contributed by atoms with Crippen LogP contribution in [0.25, 0.3) is 0 Å². The average Bonchev–Trinajstić information content (AvgIpc) is 4.23. The minimum absolute atomic E-state index is 0.142. The van der Waals surface area contributed by atoms with Gasteiger partial charge in [0.05, 0.1) is 35.6 Å². The Morgan fingerprint density at radius 1 is 0.577 bits per heavy atom. The third kappa shape index (κ3) is 12.1. The second-order valence-electron chi connectivity index (χ2n) is 20.5. The molecule has 8 N–H and O–H groups in total. The Kier molecular flexibility index (Phi) is 16.9. The number of halogens is 3. The van der Waals surface area contributed by atoms with Crippen LogP contribution in [0.4, 0.5) is 13.2 Å². The van der Waals surface area contributed by atoms with Crippen LogP contribution in [0.1, 0.15) is 131 Å². The average molecular weight is 1120 g/mol. The summed E-state index contributed by atoms with van der Waals surface area (Å²) in [7, 11) is 0. The predicted octanol–water partition coefficient (Wildman–Crippen LogP) is 9.37. The number of hydrogen-bond acceptors (Lipinski definition) is 12. The zero-order valence-corrected chi connectivity index (χ0v) is 46.3. The number of amides is 5. The molecule has 408 valence electrons. The van der Waals surface area contributed by atoms with Crippen molar-refractivity contribution >= 4 is 80.3 Å². The van der Waals surface area contributed by atoms with Gasteiger partial charge in [-0.25, -0.2) is 13.2 Å². The molecule has 2 saturated carbocycles. The molecule has 14 nitrogen and oxygen atoms in total. The van der Waals surface area contributed by atoms with Crippen LogP contribution >= 0.6 is 35.3 Å². The van der Waals surface area contributed by atoms with Crippen LogP contribution in [0.2, 0.25) is 0 Å². The van der Waals surface area contributed by atoms with Crippen molar-refractivity contribution < 1.29 is 42.3 Å². The first kappa shape index (κ1) is 57.4. The number of thioether (sulfide) groups is 3. The number of benzene rings is 5. The molecule has 5 aromatic carbocycles. The molecule has 5 amide bonds. The van der Waals surface area contributed by atoms with E-state index in [0.29, 0.717) is 33.9 Å². The lowest BCUT2D eigenvalue weighted by Gasteiger charge is -2.46. The van der Waals surface area contributed by atoms with E-state index >= 15 is 0 Å². The molecule has 6 atom stereocenters. The van der Waals surface area contributed by atoms with Crippen LogP contribution in [0, 0.1) is 17.5 Å². The second kappa shape index (κ2) is 22.9. The van der Waals surface area contributed by atoms with E-state index in [9.17, 15) is 42.3 Å². The van der Waals surface area contributed by atoms with Gasteiger partial charge >= 0.3 is 0 Å². The maximum atomic E-state index is 13.8. The zero-order chi connectivity index (χ0) is 56.4. The highest BCUT2D eigenvalue weighted by Crippen LogP contribution is 2.52. The molecule has 3 heterocycles. The van der Waals surface area contributed by atoms with Crippen molar-refractivity contribution in [3.05, 3.63) is 178 Å². The van der Waals surface area contributed by atoms with E-state index < -0.39 is 37.2 Å². The van der Waals surface area contributed by atoms with E-state index in [-0.39, 0.29) is 59.6 Å². The number of aliphatic hydroxyl groups is 1. The number of amidine groups is 3. The van der Waals surface area contributed by atoms with E-state index in [2.05, 4.69) is 30.9 Å². The molecular formula is C58H61F3N8O6S3. The summed E-state index contributed by atoms with van der Waals surface area (Å²) in [6.45, 7) is 11.0. The van der Waals surface area contributed by atoms with E-state index in [0.717, 1.165) is 52.6 Å². The minimum Gasteiger partial charge on any atom is -0.388 e. The third-order valence-electron chi connectivity index (χ3n) is 15.0. The van der Waals surface area contributed by atoms with Gasteiger partial charge in [-0.15, -0.1) is 0 Å². The Labute approximate surface area is 463 Å². The number of hydrogen-bond donors (Lipinski definition) is 6. The van der Waals surface area contributed by atoms with Crippen LogP contribution in [-0.4, -0.2) is 60.5 Å². The first-order chi connectivity index (χ1) is 36.9. The zero-order valence-electron chi connectivity index (χ0n) is 43.9. The summed E-state index contributed by atoms with van der Waals surface area (Å²) in [4.78, 5) is 74.0. The summed E-state index contributed by atoms with van der Waals surface area (Å²) in [5.74, 6) is -2.11. The summed E-state index contributed by atoms with van der Waals surface area (Å²) in [5, 5.41) is 20.5. The highest BCUT2D eigenvalue weighted by atomic mass is 32.2. The largest absolute Gasteiger partial charge is 0.388 e. The van der Waals surface area contributed by atoms with Crippen molar-refractivity contribution in [2.45, 2.75) is 123 Å². The SMILES string of the molecule is C[C@H](N=C1NC(=O)C(C)(c2ccc(C3(C(N)=O)CC3)cc2)S1)c1ccc(F)cc1.C[C@H](N=C1NC(=O)C(C)(c2ccc(CC(N)=O)cc2)S1)c1ccc(F)cc1.C[C@H](N=C1NC(=O)[C@](C)(C2(O)CCC2)S1)c1ccccc1F. The maximum absolute atomic E-state index is 13.8. The van der Waals surface area contributed by atoms with Gasteiger partial charge in [0.1, 0.15) is 31.7 Å². The Morgan fingerprint density at radius 2 is 1.00 bits per heavy atom.